The summed E-state index contributed by atoms with van der Waals surface area (Å²) in [6, 6.07) is 2.73. The fourth-order valence-corrected chi connectivity index (χ4v) is 5.81. The highest BCUT2D eigenvalue weighted by atomic mass is 19.4. The molecule has 0 aromatic carbocycles. The van der Waals surface area contributed by atoms with Crippen molar-refractivity contribution in [3.8, 4) is 0 Å². The monoisotopic (exact) mass is 471 g/mol. The van der Waals surface area contributed by atoms with Crippen molar-refractivity contribution in [3.05, 3.63) is 39.9 Å². The van der Waals surface area contributed by atoms with Gasteiger partial charge in [-0.2, -0.15) is 13.2 Å². The number of carbonyl (C=O) groups is 1. The van der Waals surface area contributed by atoms with Crippen molar-refractivity contribution in [3.63, 3.8) is 0 Å². The van der Waals surface area contributed by atoms with Gasteiger partial charge < -0.3 is 10.7 Å². The van der Waals surface area contributed by atoms with Crippen molar-refractivity contribution >= 4 is 16.8 Å². The lowest BCUT2D eigenvalue weighted by atomic mass is 9.64. The minimum atomic E-state index is -4.20. The summed E-state index contributed by atoms with van der Waals surface area (Å²) in [7, 11) is 0. The minimum Gasteiger partial charge on any atom is -0.364 e. The first kappa shape index (κ1) is 23.6. The number of nitrogens with one attached hydrogen (secondary N) is 1. The molecule has 0 saturated heterocycles. The number of primary amides is 1. The number of halogens is 5. The fourth-order valence-electron chi connectivity index (χ4n) is 5.81. The number of aromatic nitrogens is 2. The Kier molecular flexibility index (Phi) is 6.22. The molecule has 0 bridgehead atoms. The van der Waals surface area contributed by atoms with Crippen LogP contribution in [0.25, 0.3) is 10.9 Å². The van der Waals surface area contributed by atoms with Gasteiger partial charge in [-0.3, -0.25) is 14.6 Å². The second kappa shape index (κ2) is 8.68. The van der Waals surface area contributed by atoms with Gasteiger partial charge in [-0.15, -0.1) is 0 Å². The van der Waals surface area contributed by atoms with Crippen LogP contribution in [0.2, 0.25) is 0 Å². The van der Waals surface area contributed by atoms with Crippen LogP contribution < -0.4 is 11.2 Å². The Hall–Kier alpha value is -2.52. The second-order valence-electron chi connectivity index (χ2n) is 9.50. The number of nitrogens with zero attached hydrogens (tertiary/aromatic N) is 1. The van der Waals surface area contributed by atoms with Gasteiger partial charge in [0.2, 0.25) is 5.92 Å². The van der Waals surface area contributed by atoms with Crippen molar-refractivity contribution in [1.82, 2.24) is 9.97 Å². The molecule has 0 aliphatic heterocycles. The Labute approximate surface area is 187 Å². The standard InChI is InChI=1S/C23H26F5N3O2/c24-22(25)7-5-14(13-3-1-12(2-4-13)10-23(26,27)28)15(11-22)17-9-18(32)19-16(31-17)6-8-30-20(19)21(29)33/h6,8-9,12-15H,1-5,7,10-11H2,(H2,29,33)(H,31,32). The third-order valence-electron chi connectivity index (χ3n) is 7.29. The lowest BCUT2D eigenvalue weighted by Crippen LogP contribution is -2.37. The van der Waals surface area contributed by atoms with E-state index in [1.807, 2.05) is 0 Å². The van der Waals surface area contributed by atoms with E-state index in [0.29, 0.717) is 36.9 Å². The molecular formula is C23H26F5N3O2. The molecule has 2 atom stereocenters. The van der Waals surface area contributed by atoms with Crippen LogP contribution in [0.3, 0.4) is 0 Å². The fraction of sp³-hybridized carbons (Fsp3) is 0.609. The summed E-state index contributed by atoms with van der Waals surface area (Å²) in [4.78, 5) is 31.4. The maximum absolute atomic E-state index is 14.4. The summed E-state index contributed by atoms with van der Waals surface area (Å²) in [5, 5.41) is 0.0144. The molecule has 2 heterocycles. The summed E-state index contributed by atoms with van der Waals surface area (Å²) in [6.45, 7) is 0. The molecule has 2 unspecified atom stereocenters. The molecular weight excluding hydrogens is 445 g/mol. The van der Waals surface area contributed by atoms with Crippen molar-refractivity contribution < 1.29 is 26.7 Å². The largest absolute Gasteiger partial charge is 0.389 e. The van der Waals surface area contributed by atoms with Gasteiger partial charge in [0, 0.05) is 43.1 Å². The topological polar surface area (TPSA) is 88.8 Å². The molecule has 1 amide bonds. The number of aromatic amines is 1. The zero-order chi connectivity index (χ0) is 24.0. The molecule has 2 aliphatic rings. The van der Waals surface area contributed by atoms with Gasteiger partial charge in [0.25, 0.3) is 5.91 Å². The van der Waals surface area contributed by atoms with Gasteiger partial charge in [0.05, 0.1) is 10.9 Å². The lowest BCUT2D eigenvalue weighted by Gasteiger charge is -2.43. The predicted molar refractivity (Wildman–Crippen MR) is 112 cm³/mol. The van der Waals surface area contributed by atoms with E-state index in [4.69, 9.17) is 5.73 Å². The lowest BCUT2D eigenvalue weighted by molar-refractivity contribution is -0.148. The molecule has 2 aromatic heterocycles. The molecule has 2 saturated carbocycles. The average molecular weight is 471 g/mol. The third kappa shape index (κ3) is 5.19. The minimum absolute atomic E-state index is 0.0144. The number of hydrogen-bond donors (Lipinski definition) is 2. The summed E-state index contributed by atoms with van der Waals surface area (Å²) in [6.07, 6.45) is -2.19. The maximum atomic E-state index is 14.4. The second-order valence-corrected chi connectivity index (χ2v) is 9.50. The molecule has 3 N–H and O–H groups in total. The average Bonchev–Trinajstić information content (AvgIpc) is 2.72. The predicted octanol–water partition coefficient (Wildman–Crippen LogP) is 5.30. The first-order valence-corrected chi connectivity index (χ1v) is 11.2. The van der Waals surface area contributed by atoms with Crippen LogP contribution in [0.1, 0.15) is 73.5 Å². The van der Waals surface area contributed by atoms with Crippen LogP contribution in [0.5, 0.6) is 0 Å². The molecule has 4 rings (SSSR count). The number of H-pyrrole nitrogens is 1. The van der Waals surface area contributed by atoms with Crippen molar-refractivity contribution in [2.75, 3.05) is 0 Å². The smallest absolute Gasteiger partial charge is 0.364 e. The number of rotatable bonds is 4. The number of fused-ring (bicyclic) bond motifs is 1. The number of hydrogen-bond acceptors (Lipinski definition) is 3. The van der Waals surface area contributed by atoms with E-state index in [1.165, 1.54) is 18.3 Å². The normalized spacial score (nSPS) is 28.0. The molecule has 5 nitrogen and oxygen atoms in total. The van der Waals surface area contributed by atoms with Crippen LogP contribution in [0.4, 0.5) is 22.0 Å². The van der Waals surface area contributed by atoms with Gasteiger partial charge >= 0.3 is 6.18 Å². The first-order valence-electron chi connectivity index (χ1n) is 11.2. The number of alkyl halides is 5. The van der Waals surface area contributed by atoms with Gasteiger partial charge in [-0.05, 0) is 55.9 Å². The zero-order valence-corrected chi connectivity index (χ0v) is 17.9. The van der Waals surface area contributed by atoms with E-state index < -0.39 is 48.1 Å². The van der Waals surface area contributed by atoms with Crippen LogP contribution >= 0.6 is 0 Å². The Morgan fingerprint density at radius 3 is 2.52 bits per heavy atom. The Morgan fingerprint density at radius 1 is 1.18 bits per heavy atom. The van der Waals surface area contributed by atoms with Gasteiger partial charge in [0.1, 0.15) is 5.69 Å². The number of amides is 1. The Balaban J connectivity index is 1.63. The van der Waals surface area contributed by atoms with Crippen LogP contribution in [0, 0.1) is 17.8 Å². The molecule has 2 fully saturated rings. The van der Waals surface area contributed by atoms with Gasteiger partial charge in [0.15, 0.2) is 5.43 Å². The quantitative estimate of drug-likeness (QED) is 0.593. The van der Waals surface area contributed by atoms with Crippen LogP contribution in [0.15, 0.2) is 23.1 Å². The van der Waals surface area contributed by atoms with Crippen molar-refractivity contribution in [2.24, 2.45) is 23.5 Å². The van der Waals surface area contributed by atoms with E-state index in [0.717, 1.165) is 0 Å². The molecule has 2 aromatic rings. The highest BCUT2D eigenvalue weighted by Crippen LogP contribution is 2.51. The van der Waals surface area contributed by atoms with E-state index in [1.54, 1.807) is 0 Å². The van der Waals surface area contributed by atoms with E-state index in [2.05, 4.69) is 9.97 Å². The van der Waals surface area contributed by atoms with Gasteiger partial charge in [-0.25, -0.2) is 8.78 Å². The number of nitrogens with two attached hydrogens (primary N) is 1. The van der Waals surface area contributed by atoms with Crippen molar-refractivity contribution in [1.29, 1.82) is 0 Å². The van der Waals surface area contributed by atoms with E-state index in [9.17, 15) is 31.5 Å². The SMILES string of the molecule is NC(=O)c1nccc2[nH]c(C3CC(F)(F)CCC3C3CCC(CC(F)(F)F)CC3)cc(=O)c12. The highest BCUT2D eigenvalue weighted by Gasteiger charge is 2.46. The molecule has 10 heteroatoms. The molecule has 33 heavy (non-hydrogen) atoms. The van der Waals surface area contributed by atoms with Crippen LogP contribution in [-0.4, -0.2) is 28.0 Å². The van der Waals surface area contributed by atoms with Crippen LogP contribution in [-0.2, 0) is 0 Å². The zero-order valence-electron chi connectivity index (χ0n) is 17.9. The van der Waals surface area contributed by atoms with Gasteiger partial charge in [-0.1, -0.05) is 0 Å². The maximum Gasteiger partial charge on any atom is 0.389 e. The Bertz CT molecular complexity index is 1090. The highest BCUT2D eigenvalue weighted by molar-refractivity contribution is 6.03. The number of pyridine rings is 2. The van der Waals surface area contributed by atoms with Crippen molar-refractivity contribution in [2.45, 2.75) is 69.4 Å². The van der Waals surface area contributed by atoms with E-state index >= 15 is 0 Å². The summed E-state index contributed by atoms with van der Waals surface area (Å²) in [5.41, 5.74) is 5.25. The summed E-state index contributed by atoms with van der Waals surface area (Å²) in [5.74, 6) is -4.96. The molecule has 180 valence electrons. The third-order valence-corrected chi connectivity index (χ3v) is 7.29. The molecule has 0 radical (unpaired) electrons. The molecule has 2 aliphatic carbocycles. The molecule has 0 spiro atoms. The Morgan fingerprint density at radius 2 is 1.88 bits per heavy atom. The number of carbonyl (C=O) groups excluding carboxylic acids is 1. The first-order chi connectivity index (χ1) is 15.4. The van der Waals surface area contributed by atoms with E-state index in [-0.39, 0.29) is 35.8 Å². The summed E-state index contributed by atoms with van der Waals surface area (Å²) >= 11 is 0. The summed E-state index contributed by atoms with van der Waals surface area (Å²) < 4.78 is 67.1.